The molecule has 0 aliphatic rings. The standard InChI is InChI=1S/C8H8F3NO/c9-8(10,11)7-3-1-6(2-4-7)5-13-12/h1-4H,5,12H2. The van der Waals surface area contributed by atoms with E-state index in [-0.39, 0.29) is 6.61 Å². The van der Waals surface area contributed by atoms with E-state index >= 15 is 0 Å². The Morgan fingerprint density at radius 1 is 1.15 bits per heavy atom. The molecule has 5 heteroatoms. The van der Waals surface area contributed by atoms with Crippen molar-refractivity contribution in [2.24, 2.45) is 5.90 Å². The summed E-state index contributed by atoms with van der Waals surface area (Å²) in [5.41, 5.74) is -0.0660. The van der Waals surface area contributed by atoms with Crippen LogP contribution < -0.4 is 5.90 Å². The third kappa shape index (κ3) is 2.71. The molecule has 0 aliphatic carbocycles. The van der Waals surface area contributed by atoms with E-state index < -0.39 is 11.7 Å². The molecule has 0 saturated heterocycles. The van der Waals surface area contributed by atoms with Crippen molar-refractivity contribution in [2.75, 3.05) is 0 Å². The van der Waals surface area contributed by atoms with Crippen molar-refractivity contribution in [2.45, 2.75) is 12.8 Å². The fourth-order valence-electron chi connectivity index (χ4n) is 0.886. The zero-order valence-electron chi connectivity index (χ0n) is 6.64. The second kappa shape index (κ2) is 3.76. The van der Waals surface area contributed by atoms with E-state index in [0.717, 1.165) is 12.1 Å². The van der Waals surface area contributed by atoms with Crippen LogP contribution in [0.25, 0.3) is 0 Å². The maximum Gasteiger partial charge on any atom is 0.416 e. The minimum absolute atomic E-state index is 0.109. The minimum Gasteiger partial charge on any atom is -0.300 e. The molecule has 0 radical (unpaired) electrons. The molecule has 1 aromatic carbocycles. The first kappa shape index (κ1) is 10.0. The van der Waals surface area contributed by atoms with Crippen LogP contribution >= 0.6 is 0 Å². The number of hydrogen-bond acceptors (Lipinski definition) is 2. The second-order valence-electron chi connectivity index (χ2n) is 2.51. The highest BCUT2D eigenvalue weighted by molar-refractivity contribution is 5.23. The molecule has 1 rings (SSSR count). The normalized spacial score (nSPS) is 11.7. The molecule has 0 aliphatic heterocycles. The Kier molecular flexibility index (Phi) is 2.90. The van der Waals surface area contributed by atoms with Gasteiger partial charge >= 0.3 is 6.18 Å². The molecule has 2 N–H and O–H groups in total. The fraction of sp³-hybridized carbons (Fsp3) is 0.250. The summed E-state index contributed by atoms with van der Waals surface area (Å²) in [7, 11) is 0. The number of alkyl halides is 3. The molecule has 13 heavy (non-hydrogen) atoms. The first-order valence-electron chi connectivity index (χ1n) is 3.52. The van der Waals surface area contributed by atoms with Gasteiger partial charge in [0.05, 0.1) is 12.2 Å². The molecule has 0 atom stereocenters. The summed E-state index contributed by atoms with van der Waals surface area (Å²) in [4.78, 5) is 4.27. The van der Waals surface area contributed by atoms with Gasteiger partial charge in [-0.05, 0) is 17.7 Å². The van der Waals surface area contributed by atoms with Crippen molar-refractivity contribution in [3.8, 4) is 0 Å². The quantitative estimate of drug-likeness (QED) is 0.726. The highest BCUT2D eigenvalue weighted by Crippen LogP contribution is 2.28. The van der Waals surface area contributed by atoms with Gasteiger partial charge in [-0.1, -0.05) is 12.1 Å². The van der Waals surface area contributed by atoms with Gasteiger partial charge in [0.15, 0.2) is 0 Å². The summed E-state index contributed by atoms with van der Waals surface area (Å²) < 4.78 is 36.1. The first-order chi connectivity index (χ1) is 6.04. The second-order valence-corrected chi connectivity index (χ2v) is 2.51. The molecule has 0 aromatic heterocycles. The third-order valence-corrected chi connectivity index (χ3v) is 1.53. The predicted octanol–water partition coefficient (Wildman–Crippen LogP) is 2.10. The van der Waals surface area contributed by atoms with Crippen molar-refractivity contribution < 1.29 is 18.0 Å². The summed E-state index contributed by atoms with van der Waals surface area (Å²) >= 11 is 0. The molecule has 1 aromatic rings. The average Bonchev–Trinajstić information content (AvgIpc) is 2.04. The Morgan fingerprint density at radius 2 is 1.69 bits per heavy atom. The van der Waals surface area contributed by atoms with E-state index in [1.807, 2.05) is 0 Å². The number of halogens is 3. The van der Waals surface area contributed by atoms with E-state index in [4.69, 9.17) is 5.90 Å². The molecule has 0 unspecified atom stereocenters. The molecule has 72 valence electrons. The zero-order chi connectivity index (χ0) is 9.90. The number of hydrogen-bond donors (Lipinski definition) is 1. The summed E-state index contributed by atoms with van der Waals surface area (Å²) in [6.07, 6.45) is -4.29. The van der Waals surface area contributed by atoms with Gasteiger partial charge in [-0.3, -0.25) is 4.84 Å². The van der Waals surface area contributed by atoms with Crippen LogP contribution in [0.2, 0.25) is 0 Å². The smallest absolute Gasteiger partial charge is 0.300 e. The summed E-state index contributed by atoms with van der Waals surface area (Å²) in [6, 6.07) is 4.65. The lowest BCUT2D eigenvalue weighted by Crippen LogP contribution is -2.05. The van der Waals surface area contributed by atoms with Gasteiger partial charge in [0, 0.05) is 0 Å². The van der Waals surface area contributed by atoms with E-state index in [2.05, 4.69) is 4.84 Å². The molecule has 0 bridgehead atoms. The molecule has 0 saturated carbocycles. The van der Waals surface area contributed by atoms with Crippen LogP contribution in [-0.2, 0) is 17.6 Å². The van der Waals surface area contributed by atoms with E-state index in [1.54, 1.807) is 0 Å². The monoisotopic (exact) mass is 191 g/mol. The van der Waals surface area contributed by atoms with E-state index in [0.29, 0.717) is 5.56 Å². The Labute approximate surface area is 73.1 Å². The molecule has 0 fully saturated rings. The Morgan fingerprint density at radius 3 is 2.08 bits per heavy atom. The molecule has 0 amide bonds. The van der Waals surface area contributed by atoms with Gasteiger partial charge in [0.2, 0.25) is 0 Å². The van der Waals surface area contributed by atoms with Crippen molar-refractivity contribution in [1.82, 2.24) is 0 Å². The van der Waals surface area contributed by atoms with Crippen molar-refractivity contribution >= 4 is 0 Å². The molecule has 0 heterocycles. The lowest BCUT2D eigenvalue weighted by molar-refractivity contribution is -0.137. The molecular formula is C8H8F3NO. The fourth-order valence-corrected chi connectivity index (χ4v) is 0.886. The van der Waals surface area contributed by atoms with Gasteiger partial charge in [-0.25, -0.2) is 5.90 Å². The van der Waals surface area contributed by atoms with Crippen molar-refractivity contribution in [3.63, 3.8) is 0 Å². The van der Waals surface area contributed by atoms with Crippen LogP contribution in [0.4, 0.5) is 13.2 Å². The van der Waals surface area contributed by atoms with Crippen LogP contribution in [-0.4, -0.2) is 0 Å². The lowest BCUT2D eigenvalue weighted by atomic mass is 10.1. The summed E-state index contributed by atoms with van der Waals surface area (Å²) in [5.74, 6) is 4.76. The molecule has 2 nitrogen and oxygen atoms in total. The molecular weight excluding hydrogens is 183 g/mol. The number of nitrogens with two attached hydrogens (primary N) is 1. The Balaban J connectivity index is 2.81. The maximum atomic E-state index is 12.0. The topological polar surface area (TPSA) is 35.2 Å². The Hall–Kier alpha value is -1.07. The van der Waals surface area contributed by atoms with E-state index in [9.17, 15) is 13.2 Å². The third-order valence-electron chi connectivity index (χ3n) is 1.53. The van der Waals surface area contributed by atoms with Gasteiger partial charge < -0.3 is 0 Å². The van der Waals surface area contributed by atoms with Gasteiger partial charge in [0.25, 0.3) is 0 Å². The maximum absolute atomic E-state index is 12.0. The van der Waals surface area contributed by atoms with Gasteiger partial charge in [-0.2, -0.15) is 13.2 Å². The predicted molar refractivity (Wildman–Crippen MR) is 40.4 cm³/mol. The summed E-state index contributed by atoms with van der Waals surface area (Å²) in [5, 5.41) is 0. The van der Waals surface area contributed by atoms with Crippen LogP contribution in [0, 0.1) is 0 Å². The highest BCUT2D eigenvalue weighted by atomic mass is 19.4. The molecule has 0 spiro atoms. The lowest BCUT2D eigenvalue weighted by Gasteiger charge is -2.06. The van der Waals surface area contributed by atoms with Crippen LogP contribution in [0.3, 0.4) is 0 Å². The average molecular weight is 191 g/mol. The first-order valence-corrected chi connectivity index (χ1v) is 3.52. The van der Waals surface area contributed by atoms with Crippen molar-refractivity contribution in [1.29, 1.82) is 0 Å². The van der Waals surface area contributed by atoms with Gasteiger partial charge in [0.1, 0.15) is 0 Å². The van der Waals surface area contributed by atoms with Crippen molar-refractivity contribution in [3.05, 3.63) is 35.4 Å². The number of rotatable bonds is 2. The summed E-state index contributed by atoms with van der Waals surface area (Å²) in [6.45, 7) is 0.109. The van der Waals surface area contributed by atoms with Crippen LogP contribution in [0.1, 0.15) is 11.1 Å². The van der Waals surface area contributed by atoms with Gasteiger partial charge in [-0.15, -0.1) is 0 Å². The largest absolute Gasteiger partial charge is 0.416 e. The minimum atomic E-state index is -4.29. The Bertz CT molecular complexity index is 268. The highest BCUT2D eigenvalue weighted by Gasteiger charge is 2.29. The van der Waals surface area contributed by atoms with Crippen LogP contribution in [0.15, 0.2) is 24.3 Å². The van der Waals surface area contributed by atoms with E-state index in [1.165, 1.54) is 12.1 Å². The van der Waals surface area contributed by atoms with Crippen LogP contribution in [0.5, 0.6) is 0 Å². The SMILES string of the molecule is NOCc1ccc(C(F)(F)F)cc1. The zero-order valence-corrected chi connectivity index (χ0v) is 6.64. The number of benzene rings is 1.